The van der Waals surface area contributed by atoms with E-state index in [4.69, 9.17) is 7.80 Å². The van der Waals surface area contributed by atoms with Gasteiger partial charge in [-0.15, -0.1) is 11.3 Å². The first-order valence-electron chi connectivity index (χ1n) is 9.24. The van der Waals surface area contributed by atoms with Crippen LogP contribution in [-0.4, -0.2) is 38.2 Å². The minimum atomic E-state index is -0.403. The molecule has 1 amide bonds. The summed E-state index contributed by atoms with van der Waals surface area (Å²) in [7, 11) is 1.72. The molecule has 1 saturated heterocycles. The minimum Gasteiger partial charge on any atom is -0.391 e. The topological polar surface area (TPSA) is 67.9 Å². The molecule has 1 aliphatic heterocycles. The van der Waals surface area contributed by atoms with Gasteiger partial charge in [0.2, 0.25) is 0 Å². The number of nitrogens with zero attached hydrogens (tertiary/aromatic N) is 1. The second-order valence-electron chi connectivity index (χ2n) is 7.15. The maximum Gasteiger partial charge on any atom is 0.350 e. The molecule has 1 aromatic heterocycles. The first kappa shape index (κ1) is 19.7. The molecular formula is C20H21IN2O4S. The van der Waals surface area contributed by atoms with Crippen LogP contribution in [0.2, 0.25) is 0 Å². The third-order valence-electron chi connectivity index (χ3n) is 5.54. The summed E-state index contributed by atoms with van der Waals surface area (Å²) in [4.78, 5) is 27.2. The van der Waals surface area contributed by atoms with E-state index in [-0.39, 0.29) is 12.0 Å². The van der Waals surface area contributed by atoms with Gasteiger partial charge in [-0.2, -0.15) is 0 Å². The minimum absolute atomic E-state index is 0.227. The molecule has 2 fully saturated rings. The molecule has 2 aliphatic rings. The third kappa shape index (κ3) is 3.77. The highest BCUT2D eigenvalue weighted by atomic mass is 127. The molecule has 4 rings (SSSR count). The van der Waals surface area contributed by atoms with Crippen LogP contribution >= 0.6 is 34.3 Å². The maximum atomic E-state index is 12.7. The number of halogens is 1. The summed E-state index contributed by atoms with van der Waals surface area (Å²) >= 11 is 2.98. The highest BCUT2D eigenvalue weighted by Crippen LogP contribution is 2.43. The van der Waals surface area contributed by atoms with Crippen LogP contribution in [0.3, 0.4) is 0 Å². The number of nitrogens with one attached hydrogen (secondary N) is 1. The van der Waals surface area contributed by atoms with Gasteiger partial charge < -0.3 is 18.0 Å². The van der Waals surface area contributed by atoms with Crippen molar-refractivity contribution in [3.63, 3.8) is 0 Å². The molecule has 0 radical (unpaired) electrons. The molecule has 0 spiro atoms. The second kappa shape index (κ2) is 8.38. The SMILES string of the molecule is COC1CN(c2ccc(C(=O)Nc3scc(C4CCC4)c3C(=O)OI)cc2)C1. The monoisotopic (exact) mass is 512 g/mol. The van der Waals surface area contributed by atoms with Gasteiger partial charge in [0, 0.05) is 31.5 Å². The van der Waals surface area contributed by atoms with Crippen LogP contribution in [0, 0.1) is 0 Å². The van der Waals surface area contributed by atoms with E-state index in [2.05, 4.69) is 10.2 Å². The van der Waals surface area contributed by atoms with E-state index in [1.54, 1.807) is 30.1 Å². The lowest BCUT2D eigenvalue weighted by atomic mass is 9.79. The Morgan fingerprint density at radius 1 is 1.21 bits per heavy atom. The first-order chi connectivity index (χ1) is 13.6. The van der Waals surface area contributed by atoms with Crippen LogP contribution in [0.25, 0.3) is 0 Å². The molecular weight excluding hydrogens is 491 g/mol. The zero-order valence-corrected chi connectivity index (χ0v) is 18.4. The van der Waals surface area contributed by atoms with E-state index in [1.165, 1.54) is 17.8 Å². The smallest absolute Gasteiger partial charge is 0.350 e. The number of rotatable bonds is 6. The Bertz CT molecular complexity index is 873. The number of hydrogen-bond acceptors (Lipinski definition) is 6. The van der Waals surface area contributed by atoms with Crippen LogP contribution in [0.5, 0.6) is 0 Å². The molecule has 1 aromatic carbocycles. The van der Waals surface area contributed by atoms with Gasteiger partial charge in [-0.1, -0.05) is 6.42 Å². The number of anilines is 2. The van der Waals surface area contributed by atoms with E-state index in [9.17, 15) is 9.59 Å². The largest absolute Gasteiger partial charge is 0.391 e. The van der Waals surface area contributed by atoms with Gasteiger partial charge in [0.15, 0.2) is 23.0 Å². The Labute approximate surface area is 181 Å². The zero-order valence-electron chi connectivity index (χ0n) is 15.4. The van der Waals surface area contributed by atoms with Gasteiger partial charge in [0.25, 0.3) is 5.91 Å². The van der Waals surface area contributed by atoms with Crippen LogP contribution in [-0.2, 0) is 7.80 Å². The molecule has 2 heterocycles. The van der Waals surface area contributed by atoms with Crippen molar-refractivity contribution in [2.75, 3.05) is 30.4 Å². The summed E-state index contributed by atoms with van der Waals surface area (Å²) < 4.78 is 10.2. The van der Waals surface area contributed by atoms with E-state index in [1.807, 2.05) is 29.6 Å². The van der Waals surface area contributed by atoms with E-state index >= 15 is 0 Å². The molecule has 1 saturated carbocycles. The van der Waals surface area contributed by atoms with Crippen molar-refractivity contribution in [2.45, 2.75) is 31.3 Å². The van der Waals surface area contributed by atoms with Crippen LogP contribution < -0.4 is 10.2 Å². The van der Waals surface area contributed by atoms with E-state index in [0.29, 0.717) is 22.0 Å². The number of hydrogen-bond donors (Lipinski definition) is 1. The molecule has 2 aromatic rings. The molecule has 0 bridgehead atoms. The van der Waals surface area contributed by atoms with Crippen LogP contribution in [0.4, 0.5) is 10.7 Å². The molecule has 28 heavy (non-hydrogen) atoms. The standard InChI is InChI=1S/C20H21IN2O4S/c1-26-15-9-23(10-15)14-7-5-13(6-8-14)18(24)22-19-17(20(25)27-21)16(11-28-19)12-3-2-4-12/h5-8,11-12,15H,2-4,9-10H2,1H3,(H,22,24). The van der Waals surface area contributed by atoms with Crippen molar-refractivity contribution in [2.24, 2.45) is 0 Å². The maximum absolute atomic E-state index is 12.7. The number of ether oxygens (including phenoxy) is 1. The number of thiophene rings is 1. The Morgan fingerprint density at radius 3 is 2.50 bits per heavy atom. The quantitative estimate of drug-likeness (QED) is 0.573. The summed E-state index contributed by atoms with van der Waals surface area (Å²) in [5.41, 5.74) is 3.12. The van der Waals surface area contributed by atoms with Gasteiger partial charge in [-0.25, -0.2) is 4.79 Å². The summed E-state index contributed by atoms with van der Waals surface area (Å²) in [6.45, 7) is 1.73. The number of carbonyl (C=O) groups is 2. The lowest BCUT2D eigenvalue weighted by Crippen LogP contribution is -2.51. The number of methoxy groups -OCH3 is 1. The molecule has 148 valence electrons. The van der Waals surface area contributed by atoms with Gasteiger partial charge in [0.1, 0.15) is 5.00 Å². The second-order valence-corrected chi connectivity index (χ2v) is 8.47. The lowest BCUT2D eigenvalue weighted by Gasteiger charge is -2.40. The fraction of sp³-hybridized carbons (Fsp3) is 0.400. The Hall–Kier alpha value is -1.65. The average Bonchev–Trinajstić information content (AvgIpc) is 3.02. The van der Waals surface area contributed by atoms with Crippen molar-refractivity contribution in [3.05, 3.63) is 46.3 Å². The van der Waals surface area contributed by atoms with Crippen LogP contribution in [0.15, 0.2) is 29.6 Å². The number of amides is 1. The number of benzene rings is 1. The summed E-state index contributed by atoms with van der Waals surface area (Å²) in [5.74, 6) is -0.242. The normalized spacial score (nSPS) is 17.0. The fourth-order valence-electron chi connectivity index (χ4n) is 3.53. The van der Waals surface area contributed by atoms with Crippen molar-refractivity contribution in [1.82, 2.24) is 0 Å². The predicted octanol–water partition coefficient (Wildman–Crippen LogP) is 4.61. The van der Waals surface area contributed by atoms with Gasteiger partial charge in [0.05, 0.1) is 11.7 Å². The molecule has 8 heteroatoms. The molecule has 0 atom stereocenters. The molecule has 1 N–H and O–H groups in total. The molecule has 6 nitrogen and oxygen atoms in total. The van der Waals surface area contributed by atoms with Gasteiger partial charge in [-0.3, -0.25) is 4.79 Å². The summed E-state index contributed by atoms with van der Waals surface area (Å²) in [6, 6.07) is 7.49. The van der Waals surface area contributed by atoms with Crippen molar-refractivity contribution < 1.29 is 17.4 Å². The Morgan fingerprint density at radius 2 is 1.93 bits per heavy atom. The van der Waals surface area contributed by atoms with Crippen molar-refractivity contribution in [1.29, 1.82) is 0 Å². The van der Waals surface area contributed by atoms with Crippen molar-refractivity contribution in [3.8, 4) is 0 Å². The van der Waals surface area contributed by atoms with Crippen LogP contribution in [0.1, 0.15) is 51.5 Å². The molecule has 0 unspecified atom stereocenters. The lowest BCUT2D eigenvalue weighted by molar-refractivity contribution is 0.0787. The third-order valence-corrected chi connectivity index (χ3v) is 6.86. The van der Waals surface area contributed by atoms with E-state index in [0.717, 1.165) is 37.2 Å². The van der Waals surface area contributed by atoms with Crippen molar-refractivity contribution >= 4 is 56.9 Å². The fourth-order valence-corrected chi connectivity index (χ4v) is 4.77. The van der Waals surface area contributed by atoms with Gasteiger partial charge in [-0.05, 0) is 54.0 Å². The Kier molecular flexibility index (Phi) is 5.88. The summed E-state index contributed by atoms with van der Waals surface area (Å²) in [5, 5.41) is 5.43. The van der Waals surface area contributed by atoms with Gasteiger partial charge >= 0.3 is 5.97 Å². The summed E-state index contributed by atoms with van der Waals surface area (Å²) in [6.07, 6.45) is 3.61. The zero-order chi connectivity index (χ0) is 19.7. The first-order valence-corrected chi connectivity index (χ1v) is 11.0. The Balaban J connectivity index is 1.47. The molecule has 1 aliphatic carbocycles. The number of carbonyl (C=O) groups excluding carboxylic acids is 2. The average molecular weight is 512 g/mol. The predicted molar refractivity (Wildman–Crippen MR) is 118 cm³/mol. The van der Waals surface area contributed by atoms with E-state index < -0.39 is 5.97 Å². The highest BCUT2D eigenvalue weighted by Gasteiger charge is 2.30. The highest BCUT2D eigenvalue weighted by molar-refractivity contribution is 14.1.